The zero-order valence-electron chi connectivity index (χ0n) is 11.7. The number of anilines is 1. The molecule has 0 bridgehead atoms. The van der Waals surface area contributed by atoms with E-state index in [2.05, 4.69) is 52.9 Å². The lowest BCUT2D eigenvalue weighted by Gasteiger charge is -2.36. The van der Waals surface area contributed by atoms with Crippen molar-refractivity contribution in [3.05, 3.63) is 30.3 Å². The van der Waals surface area contributed by atoms with Crippen molar-refractivity contribution in [3.63, 3.8) is 0 Å². The largest absolute Gasteiger partial charge is 0.369 e. The molecule has 2 heterocycles. The molecule has 1 spiro atoms. The van der Waals surface area contributed by atoms with Crippen LogP contribution in [0.5, 0.6) is 0 Å². The quantitative estimate of drug-likeness (QED) is 0.877. The van der Waals surface area contributed by atoms with Gasteiger partial charge >= 0.3 is 0 Å². The van der Waals surface area contributed by atoms with Gasteiger partial charge in [-0.05, 0) is 32.4 Å². The van der Waals surface area contributed by atoms with Crippen molar-refractivity contribution in [1.29, 1.82) is 0 Å². The standard InChI is InChI=1S/C15H22N4/c1-12(2)18-9-8-15(11-18)10-17-14(16)19(15)13-6-4-3-5-7-13/h3-7,12H,8-11H2,1-2H3,(H2,16,17). The van der Waals surface area contributed by atoms with Gasteiger partial charge in [0, 0.05) is 24.8 Å². The maximum absolute atomic E-state index is 6.14. The third-order valence-corrected chi connectivity index (χ3v) is 4.35. The Morgan fingerprint density at radius 1 is 1.26 bits per heavy atom. The highest BCUT2D eigenvalue weighted by Gasteiger charge is 2.48. The van der Waals surface area contributed by atoms with Gasteiger partial charge in [-0.1, -0.05) is 18.2 Å². The van der Waals surface area contributed by atoms with Crippen molar-refractivity contribution in [2.75, 3.05) is 24.5 Å². The summed E-state index contributed by atoms with van der Waals surface area (Å²) >= 11 is 0. The molecule has 1 unspecified atom stereocenters. The highest BCUT2D eigenvalue weighted by molar-refractivity contribution is 5.98. The van der Waals surface area contributed by atoms with Crippen LogP contribution in [-0.4, -0.2) is 42.1 Å². The van der Waals surface area contributed by atoms with E-state index in [-0.39, 0.29) is 5.54 Å². The number of rotatable bonds is 2. The fourth-order valence-corrected chi connectivity index (χ4v) is 3.24. The number of likely N-dealkylation sites (tertiary alicyclic amines) is 1. The molecule has 0 radical (unpaired) electrons. The van der Waals surface area contributed by atoms with E-state index < -0.39 is 0 Å². The summed E-state index contributed by atoms with van der Waals surface area (Å²) in [6.45, 7) is 7.50. The molecule has 2 N–H and O–H groups in total. The van der Waals surface area contributed by atoms with Crippen LogP contribution in [0.25, 0.3) is 0 Å². The molecule has 4 nitrogen and oxygen atoms in total. The highest BCUT2D eigenvalue weighted by Crippen LogP contribution is 2.36. The van der Waals surface area contributed by atoms with Crippen LogP contribution >= 0.6 is 0 Å². The Morgan fingerprint density at radius 2 is 2.00 bits per heavy atom. The molecule has 1 saturated heterocycles. The third-order valence-electron chi connectivity index (χ3n) is 4.35. The van der Waals surface area contributed by atoms with Crippen LogP contribution in [-0.2, 0) is 0 Å². The van der Waals surface area contributed by atoms with Crippen LogP contribution in [0, 0.1) is 0 Å². The molecule has 2 aliphatic rings. The molecule has 0 aromatic heterocycles. The van der Waals surface area contributed by atoms with Crippen molar-refractivity contribution in [3.8, 4) is 0 Å². The molecule has 0 amide bonds. The lowest BCUT2D eigenvalue weighted by Crippen LogP contribution is -2.54. The van der Waals surface area contributed by atoms with E-state index in [4.69, 9.17) is 5.73 Å². The second-order valence-corrected chi connectivity index (χ2v) is 5.88. The zero-order chi connectivity index (χ0) is 13.5. The molecule has 0 saturated carbocycles. The van der Waals surface area contributed by atoms with Gasteiger partial charge in [0.05, 0.1) is 12.1 Å². The Kier molecular flexibility index (Phi) is 2.97. The molecule has 3 rings (SSSR count). The minimum Gasteiger partial charge on any atom is -0.369 e. The molecular formula is C15H22N4. The fourth-order valence-electron chi connectivity index (χ4n) is 3.24. The average Bonchev–Trinajstić information content (AvgIpc) is 2.97. The second kappa shape index (κ2) is 4.53. The van der Waals surface area contributed by atoms with E-state index in [1.165, 1.54) is 0 Å². The van der Waals surface area contributed by atoms with E-state index in [0.717, 1.165) is 31.7 Å². The number of hydrogen-bond donors (Lipinski definition) is 1. The summed E-state index contributed by atoms with van der Waals surface area (Å²) in [5.41, 5.74) is 7.37. The van der Waals surface area contributed by atoms with Gasteiger partial charge in [0.1, 0.15) is 0 Å². The average molecular weight is 258 g/mol. The summed E-state index contributed by atoms with van der Waals surface area (Å²) in [5, 5.41) is 0. The zero-order valence-corrected chi connectivity index (χ0v) is 11.7. The topological polar surface area (TPSA) is 44.9 Å². The first-order chi connectivity index (χ1) is 9.12. The predicted octanol–water partition coefficient (Wildman–Crippen LogP) is 1.67. The Balaban J connectivity index is 1.91. The lowest BCUT2D eigenvalue weighted by molar-refractivity contribution is 0.260. The Labute approximate surface area is 114 Å². The monoisotopic (exact) mass is 258 g/mol. The van der Waals surface area contributed by atoms with E-state index in [9.17, 15) is 0 Å². The van der Waals surface area contributed by atoms with E-state index in [0.29, 0.717) is 12.0 Å². The van der Waals surface area contributed by atoms with Gasteiger partial charge in [0.2, 0.25) is 0 Å². The maximum Gasteiger partial charge on any atom is 0.196 e. The van der Waals surface area contributed by atoms with Crippen LogP contribution in [0.15, 0.2) is 35.3 Å². The van der Waals surface area contributed by atoms with Crippen molar-refractivity contribution in [2.45, 2.75) is 31.8 Å². The molecule has 0 aliphatic carbocycles. The summed E-state index contributed by atoms with van der Waals surface area (Å²) in [5.74, 6) is 0.664. The number of guanidine groups is 1. The second-order valence-electron chi connectivity index (χ2n) is 5.88. The number of benzene rings is 1. The molecule has 1 aromatic rings. The van der Waals surface area contributed by atoms with E-state index >= 15 is 0 Å². The lowest BCUT2D eigenvalue weighted by atomic mass is 9.97. The highest BCUT2D eigenvalue weighted by atomic mass is 15.4. The molecular weight excluding hydrogens is 236 g/mol. The van der Waals surface area contributed by atoms with Crippen LogP contribution in [0.3, 0.4) is 0 Å². The molecule has 102 valence electrons. The number of hydrogen-bond acceptors (Lipinski definition) is 4. The summed E-state index contributed by atoms with van der Waals surface area (Å²) in [6.07, 6.45) is 1.13. The maximum atomic E-state index is 6.14. The van der Waals surface area contributed by atoms with E-state index in [1.54, 1.807) is 0 Å². The minimum atomic E-state index is 0.0652. The molecule has 19 heavy (non-hydrogen) atoms. The first-order valence-corrected chi connectivity index (χ1v) is 7.02. The van der Waals surface area contributed by atoms with Crippen molar-refractivity contribution < 1.29 is 0 Å². The third kappa shape index (κ3) is 2.00. The van der Waals surface area contributed by atoms with Gasteiger partial charge in [0.15, 0.2) is 5.96 Å². The summed E-state index contributed by atoms with van der Waals surface area (Å²) in [6, 6.07) is 11.0. The van der Waals surface area contributed by atoms with Gasteiger partial charge in [-0.25, -0.2) is 0 Å². The Morgan fingerprint density at radius 3 is 2.63 bits per heavy atom. The summed E-state index contributed by atoms with van der Waals surface area (Å²) in [7, 11) is 0. The summed E-state index contributed by atoms with van der Waals surface area (Å²) < 4.78 is 0. The normalized spacial score (nSPS) is 27.5. The van der Waals surface area contributed by atoms with Crippen LogP contribution < -0.4 is 10.6 Å². The number of nitrogens with two attached hydrogens (primary N) is 1. The molecule has 2 aliphatic heterocycles. The van der Waals surface area contributed by atoms with Gasteiger partial charge < -0.3 is 10.6 Å². The molecule has 1 fully saturated rings. The van der Waals surface area contributed by atoms with Crippen molar-refractivity contribution >= 4 is 11.6 Å². The van der Waals surface area contributed by atoms with Gasteiger partial charge in [0.25, 0.3) is 0 Å². The number of aliphatic imine (C=N–C) groups is 1. The SMILES string of the molecule is CC(C)N1CCC2(CN=C(N)N2c2ccccc2)C1. The first-order valence-electron chi connectivity index (χ1n) is 7.02. The predicted molar refractivity (Wildman–Crippen MR) is 79.5 cm³/mol. The first kappa shape index (κ1) is 12.5. The smallest absolute Gasteiger partial charge is 0.196 e. The van der Waals surface area contributed by atoms with Crippen LogP contribution in [0.1, 0.15) is 20.3 Å². The fraction of sp³-hybridized carbons (Fsp3) is 0.533. The summed E-state index contributed by atoms with van der Waals surface area (Å²) in [4.78, 5) is 9.28. The van der Waals surface area contributed by atoms with Crippen molar-refractivity contribution in [1.82, 2.24) is 4.90 Å². The van der Waals surface area contributed by atoms with Crippen LogP contribution in [0.4, 0.5) is 5.69 Å². The number of para-hydroxylation sites is 1. The van der Waals surface area contributed by atoms with Gasteiger partial charge in [-0.2, -0.15) is 0 Å². The Hall–Kier alpha value is -1.55. The van der Waals surface area contributed by atoms with Gasteiger partial charge in [-0.3, -0.25) is 9.89 Å². The molecule has 4 heteroatoms. The van der Waals surface area contributed by atoms with Crippen LogP contribution in [0.2, 0.25) is 0 Å². The molecule has 1 aromatic carbocycles. The minimum absolute atomic E-state index is 0.0652. The number of nitrogens with zero attached hydrogens (tertiary/aromatic N) is 3. The van der Waals surface area contributed by atoms with E-state index in [1.807, 2.05) is 6.07 Å². The van der Waals surface area contributed by atoms with Gasteiger partial charge in [-0.15, -0.1) is 0 Å². The molecule has 1 atom stereocenters. The van der Waals surface area contributed by atoms with Crippen molar-refractivity contribution in [2.24, 2.45) is 10.7 Å². The Bertz CT molecular complexity index is 482.